The van der Waals surface area contributed by atoms with Crippen LogP contribution < -0.4 is 11.1 Å². The van der Waals surface area contributed by atoms with Crippen molar-refractivity contribution in [1.82, 2.24) is 20.4 Å². The number of hydrogen-bond acceptors (Lipinski definition) is 5. The first-order valence-electron chi connectivity index (χ1n) is 10.7. The average Bonchev–Trinajstić information content (AvgIpc) is 3.31. The number of nitrogens with two attached hydrogens (primary N) is 1. The van der Waals surface area contributed by atoms with Gasteiger partial charge in [-0.25, -0.2) is 4.39 Å². The number of rotatable bonds is 9. The van der Waals surface area contributed by atoms with E-state index in [0.717, 1.165) is 5.56 Å². The molecule has 0 saturated carbocycles. The minimum Gasteiger partial charge on any atom is -0.480 e. The predicted octanol–water partition coefficient (Wildman–Crippen LogP) is 2.71. The number of benzene rings is 2. The van der Waals surface area contributed by atoms with Crippen LogP contribution in [-0.2, 0) is 11.2 Å². The molecule has 2 aromatic carbocycles. The van der Waals surface area contributed by atoms with Crippen LogP contribution >= 0.6 is 11.6 Å². The second-order valence-corrected chi connectivity index (χ2v) is 8.68. The zero-order chi connectivity index (χ0) is 25.7. The normalized spacial score (nSPS) is 12.6. The van der Waals surface area contributed by atoms with Crippen molar-refractivity contribution in [1.29, 1.82) is 0 Å². The van der Waals surface area contributed by atoms with Gasteiger partial charge < -0.3 is 21.1 Å². The Morgan fingerprint density at radius 2 is 1.86 bits per heavy atom. The molecule has 184 valence electrons. The van der Waals surface area contributed by atoms with Crippen molar-refractivity contribution in [2.75, 3.05) is 14.1 Å². The van der Waals surface area contributed by atoms with Gasteiger partial charge in [0.1, 0.15) is 17.6 Å². The van der Waals surface area contributed by atoms with E-state index in [1.807, 2.05) is 0 Å². The van der Waals surface area contributed by atoms with E-state index in [4.69, 9.17) is 17.3 Å². The largest absolute Gasteiger partial charge is 0.480 e. The highest BCUT2D eigenvalue weighted by Gasteiger charge is 2.23. The lowest BCUT2D eigenvalue weighted by Crippen LogP contribution is -2.43. The Morgan fingerprint density at radius 3 is 2.49 bits per heavy atom. The van der Waals surface area contributed by atoms with E-state index in [1.165, 1.54) is 29.2 Å². The van der Waals surface area contributed by atoms with Crippen LogP contribution in [0.15, 0.2) is 48.5 Å². The lowest BCUT2D eigenvalue weighted by molar-refractivity contribution is -0.138. The molecule has 0 unspecified atom stereocenters. The Labute approximate surface area is 206 Å². The Balaban J connectivity index is 1.77. The predicted molar refractivity (Wildman–Crippen MR) is 129 cm³/mol. The molecule has 0 aliphatic heterocycles. The van der Waals surface area contributed by atoms with Crippen molar-refractivity contribution in [3.8, 4) is 11.1 Å². The molecule has 3 aromatic rings. The van der Waals surface area contributed by atoms with Gasteiger partial charge >= 0.3 is 5.97 Å². The molecule has 35 heavy (non-hydrogen) atoms. The molecule has 2 atom stereocenters. The van der Waals surface area contributed by atoms with Crippen LogP contribution in [0.2, 0.25) is 5.02 Å². The van der Waals surface area contributed by atoms with Crippen molar-refractivity contribution >= 4 is 29.4 Å². The summed E-state index contributed by atoms with van der Waals surface area (Å²) in [6, 6.07) is 10.7. The van der Waals surface area contributed by atoms with E-state index in [-0.39, 0.29) is 30.1 Å². The van der Waals surface area contributed by atoms with Crippen molar-refractivity contribution < 1.29 is 23.9 Å². The molecule has 0 radical (unpaired) electrons. The number of H-pyrrole nitrogens is 1. The second kappa shape index (κ2) is 11.1. The molecule has 5 N–H and O–H groups in total. The zero-order valence-corrected chi connectivity index (χ0v) is 19.8. The maximum Gasteiger partial charge on any atom is 0.320 e. The Hall–Kier alpha value is -3.76. The summed E-state index contributed by atoms with van der Waals surface area (Å²) in [5, 5.41) is 18.8. The second-order valence-electron chi connectivity index (χ2n) is 8.24. The van der Waals surface area contributed by atoms with E-state index < -0.39 is 29.8 Å². The molecule has 0 bridgehead atoms. The number of carboxylic acids is 1. The van der Waals surface area contributed by atoms with Gasteiger partial charge in [-0.15, -0.1) is 0 Å². The summed E-state index contributed by atoms with van der Waals surface area (Å²) < 4.78 is 14.2. The summed E-state index contributed by atoms with van der Waals surface area (Å²) in [5.74, 6) is -2.54. The van der Waals surface area contributed by atoms with Crippen molar-refractivity contribution in [3.63, 3.8) is 0 Å². The maximum atomic E-state index is 14.2. The fraction of sp³-hybridized carbons (Fsp3) is 0.250. The molecule has 0 aliphatic rings. The van der Waals surface area contributed by atoms with Crippen LogP contribution in [0.25, 0.3) is 11.1 Å². The number of carboxylic acid groups (broad SMARTS) is 1. The smallest absolute Gasteiger partial charge is 0.320 e. The molecule has 9 nitrogen and oxygen atoms in total. The van der Waals surface area contributed by atoms with Crippen LogP contribution in [-0.4, -0.2) is 64.2 Å². The molecule has 0 spiro atoms. The lowest BCUT2D eigenvalue weighted by Gasteiger charge is -2.20. The first-order valence-corrected chi connectivity index (χ1v) is 11.0. The SMILES string of the molecule is CN(C)C(=O)c1cc(C(=O)N[C@H](Cc2ccc(-c3cc(Cl)ccc3F)cc2)C[C@@H](N)C(=O)O)[nH]n1. The molecule has 0 fully saturated rings. The zero-order valence-electron chi connectivity index (χ0n) is 19.1. The van der Waals surface area contributed by atoms with Gasteiger partial charge in [-0.3, -0.25) is 19.5 Å². The molecule has 3 rings (SSSR count). The van der Waals surface area contributed by atoms with Crippen LogP contribution in [0.3, 0.4) is 0 Å². The molecule has 1 aromatic heterocycles. The van der Waals surface area contributed by atoms with E-state index >= 15 is 0 Å². The highest BCUT2D eigenvalue weighted by atomic mass is 35.5. The molecule has 0 aliphatic carbocycles. The third-order valence-corrected chi connectivity index (χ3v) is 5.55. The standard InChI is InChI=1S/C24H25ClFN5O4/c1-31(2)23(33)21-12-20(29-30-21)22(32)28-16(11-19(27)24(34)35)9-13-3-5-14(6-4-13)17-10-15(25)7-8-18(17)26/h3-8,10,12,16,19H,9,11,27H2,1-2H3,(H,28,32)(H,29,30)(H,34,35)/t16-,19-/m1/s1. The fourth-order valence-electron chi connectivity index (χ4n) is 3.46. The molecular weight excluding hydrogens is 477 g/mol. The Morgan fingerprint density at radius 1 is 1.17 bits per heavy atom. The first-order chi connectivity index (χ1) is 16.5. The van der Waals surface area contributed by atoms with Crippen LogP contribution in [0.1, 0.15) is 33.0 Å². The van der Waals surface area contributed by atoms with Crippen LogP contribution in [0, 0.1) is 5.82 Å². The first kappa shape index (κ1) is 25.9. The number of carbonyl (C=O) groups excluding carboxylic acids is 2. The van der Waals surface area contributed by atoms with E-state index in [0.29, 0.717) is 16.1 Å². The van der Waals surface area contributed by atoms with Crippen molar-refractivity contribution in [2.24, 2.45) is 5.73 Å². The summed E-state index contributed by atoms with van der Waals surface area (Å²) >= 11 is 5.98. The number of hydrogen-bond donors (Lipinski definition) is 4. The van der Waals surface area contributed by atoms with Crippen molar-refractivity contribution in [3.05, 3.63) is 76.3 Å². The van der Waals surface area contributed by atoms with Gasteiger partial charge in [-0.1, -0.05) is 35.9 Å². The highest BCUT2D eigenvalue weighted by Crippen LogP contribution is 2.26. The van der Waals surface area contributed by atoms with Crippen molar-refractivity contribution in [2.45, 2.75) is 24.9 Å². The van der Waals surface area contributed by atoms with Crippen LogP contribution in [0.4, 0.5) is 4.39 Å². The van der Waals surface area contributed by atoms with Gasteiger partial charge in [-0.05, 0) is 42.2 Å². The number of halogens is 2. The Bertz CT molecular complexity index is 1230. The number of nitrogens with one attached hydrogen (secondary N) is 2. The topological polar surface area (TPSA) is 141 Å². The van der Waals surface area contributed by atoms with Gasteiger partial charge in [0, 0.05) is 36.8 Å². The number of aromatic amines is 1. The Kier molecular flexibility index (Phi) is 8.21. The molecule has 2 amide bonds. The number of aromatic nitrogens is 2. The molecular formula is C24H25ClFN5O4. The summed E-state index contributed by atoms with van der Waals surface area (Å²) in [5.41, 5.74) is 7.58. The minimum absolute atomic E-state index is 0.0383. The van der Waals surface area contributed by atoms with Gasteiger partial charge in [0.05, 0.1) is 0 Å². The quantitative estimate of drug-likeness (QED) is 0.355. The van der Waals surface area contributed by atoms with Crippen LogP contribution in [0.5, 0.6) is 0 Å². The summed E-state index contributed by atoms with van der Waals surface area (Å²) in [6.07, 6.45) is 0.228. The van der Waals surface area contributed by atoms with Gasteiger partial charge in [0.25, 0.3) is 11.8 Å². The van der Waals surface area contributed by atoms with E-state index in [2.05, 4.69) is 15.5 Å². The maximum absolute atomic E-state index is 14.2. The summed E-state index contributed by atoms with van der Waals surface area (Å²) in [4.78, 5) is 37.4. The van der Waals surface area contributed by atoms with Gasteiger partial charge in [0.2, 0.25) is 0 Å². The molecule has 0 saturated heterocycles. The summed E-state index contributed by atoms with van der Waals surface area (Å²) in [7, 11) is 3.12. The number of amides is 2. The number of aliphatic carboxylic acids is 1. The third-order valence-electron chi connectivity index (χ3n) is 5.31. The highest BCUT2D eigenvalue weighted by molar-refractivity contribution is 6.30. The van der Waals surface area contributed by atoms with E-state index in [1.54, 1.807) is 38.4 Å². The van der Waals surface area contributed by atoms with Gasteiger partial charge in [-0.2, -0.15) is 5.10 Å². The lowest BCUT2D eigenvalue weighted by atomic mass is 9.97. The van der Waals surface area contributed by atoms with E-state index in [9.17, 15) is 23.9 Å². The van der Waals surface area contributed by atoms with Gasteiger partial charge in [0.15, 0.2) is 5.69 Å². The summed E-state index contributed by atoms with van der Waals surface area (Å²) in [6.45, 7) is 0. The molecule has 11 heteroatoms. The number of carbonyl (C=O) groups is 3. The molecule has 1 heterocycles. The average molecular weight is 502 g/mol. The minimum atomic E-state index is -1.20. The monoisotopic (exact) mass is 501 g/mol. The third kappa shape index (κ3) is 6.65. The number of nitrogens with zero attached hydrogens (tertiary/aromatic N) is 2. The fourth-order valence-corrected chi connectivity index (χ4v) is 3.64.